The summed E-state index contributed by atoms with van der Waals surface area (Å²) in [6.45, 7) is 18.0. The van der Waals surface area contributed by atoms with Gasteiger partial charge in [0.05, 0.1) is 5.54 Å². The lowest BCUT2D eigenvalue weighted by Crippen LogP contribution is -2.49. The molecule has 0 unspecified atom stereocenters. The number of pyridine rings is 1. The fourth-order valence-electron chi connectivity index (χ4n) is 5.51. The van der Waals surface area contributed by atoms with Crippen molar-refractivity contribution in [2.24, 2.45) is 0 Å². The standard InChI is InChI=1S/C29H37N7O/c1-18-8-9-20(3)25(16-18)34-10-12-35(13-11-34)26(27-31-32-33-36(27)29(5,6)7)23-17-22-21(4)14-19(2)15-24(22)30-28(23)37/h8-9,14-17,26H,10-13H2,1-7H3,(H,30,37)/t26-/m1/s1. The van der Waals surface area contributed by atoms with Crippen LogP contribution in [0, 0.1) is 27.7 Å². The van der Waals surface area contributed by atoms with Crippen LogP contribution in [0.1, 0.15) is 60.5 Å². The van der Waals surface area contributed by atoms with Gasteiger partial charge in [-0.15, -0.1) is 5.10 Å². The lowest BCUT2D eigenvalue weighted by Gasteiger charge is -2.40. The molecule has 1 atom stereocenters. The number of tetrazole rings is 1. The predicted molar refractivity (Wildman–Crippen MR) is 148 cm³/mol. The first-order chi connectivity index (χ1) is 17.5. The fraction of sp³-hybridized carbons (Fsp3) is 0.448. The summed E-state index contributed by atoms with van der Waals surface area (Å²) < 4.78 is 1.86. The Bertz CT molecular complexity index is 1500. The van der Waals surface area contributed by atoms with Gasteiger partial charge in [0.1, 0.15) is 6.04 Å². The molecule has 0 bridgehead atoms. The Hall–Kier alpha value is -3.52. The molecule has 0 aliphatic carbocycles. The molecule has 194 valence electrons. The average molecular weight is 500 g/mol. The summed E-state index contributed by atoms with van der Waals surface area (Å²) in [6, 6.07) is 12.5. The number of nitrogens with one attached hydrogen (secondary N) is 1. The van der Waals surface area contributed by atoms with Crippen LogP contribution < -0.4 is 10.5 Å². The normalized spacial score (nSPS) is 15.9. The zero-order valence-electron chi connectivity index (χ0n) is 23.0. The molecule has 5 rings (SSSR count). The first kappa shape index (κ1) is 25.1. The summed E-state index contributed by atoms with van der Waals surface area (Å²) >= 11 is 0. The Morgan fingerprint density at radius 1 is 0.892 bits per heavy atom. The molecule has 1 N–H and O–H groups in total. The number of piperazine rings is 1. The van der Waals surface area contributed by atoms with Gasteiger partial charge < -0.3 is 9.88 Å². The topological polar surface area (TPSA) is 82.9 Å². The zero-order chi connectivity index (χ0) is 26.5. The van der Waals surface area contributed by atoms with Crippen molar-refractivity contribution in [3.8, 4) is 0 Å². The number of rotatable bonds is 4. The van der Waals surface area contributed by atoms with E-state index in [0.717, 1.165) is 48.2 Å². The zero-order valence-corrected chi connectivity index (χ0v) is 23.0. The Morgan fingerprint density at radius 2 is 1.62 bits per heavy atom. The van der Waals surface area contributed by atoms with Crippen LogP contribution in [0.25, 0.3) is 10.9 Å². The smallest absolute Gasteiger partial charge is 0.253 e. The molecule has 0 radical (unpaired) electrons. The van der Waals surface area contributed by atoms with Crippen LogP contribution in [-0.4, -0.2) is 56.3 Å². The first-order valence-electron chi connectivity index (χ1n) is 13.0. The molecule has 4 aromatic rings. The second-order valence-electron chi connectivity index (χ2n) is 11.4. The Morgan fingerprint density at radius 3 is 2.32 bits per heavy atom. The quantitative estimate of drug-likeness (QED) is 0.448. The molecule has 8 nitrogen and oxygen atoms in total. The van der Waals surface area contributed by atoms with E-state index in [1.54, 1.807) is 0 Å². The maximum absolute atomic E-state index is 13.6. The number of aromatic nitrogens is 5. The highest BCUT2D eigenvalue weighted by molar-refractivity contribution is 5.83. The molecule has 0 saturated carbocycles. The predicted octanol–water partition coefficient (Wildman–Crippen LogP) is 4.41. The van der Waals surface area contributed by atoms with Gasteiger partial charge in [-0.05, 0) is 99.3 Å². The SMILES string of the molecule is Cc1ccc(C)c(N2CCN([C@H](c3cc4c(C)cc(C)cc4[nH]c3=O)c3nnnn3C(C)(C)C)CC2)c1. The summed E-state index contributed by atoms with van der Waals surface area (Å²) in [5.74, 6) is 0.697. The largest absolute Gasteiger partial charge is 0.369 e. The van der Waals surface area contributed by atoms with Crippen molar-refractivity contribution in [2.75, 3.05) is 31.1 Å². The van der Waals surface area contributed by atoms with Crippen LogP contribution in [0.15, 0.2) is 41.2 Å². The summed E-state index contributed by atoms with van der Waals surface area (Å²) in [7, 11) is 0. The van der Waals surface area contributed by atoms with Crippen molar-refractivity contribution >= 4 is 16.6 Å². The number of aromatic amines is 1. The molecule has 2 aromatic carbocycles. The number of anilines is 1. The minimum Gasteiger partial charge on any atom is -0.369 e. The van der Waals surface area contributed by atoms with Gasteiger partial charge in [0.25, 0.3) is 5.56 Å². The van der Waals surface area contributed by atoms with E-state index in [0.29, 0.717) is 11.4 Å². The van der Waals surface area contributed by atoms with E-state index in [1.165, 1.54) is 16.8 Å². The van der Waals surface area contributed by atoms with E-state index in [9.17, 15) is 4.79 Å². The molecule has 37 heavy (non-hydrogen) atoms. The van der Waals surface area contributed by atoms with Crippen LogP contribution in [0.5, 0.6) is 0 Å². The number of hydrogen-bond acceptors (Lipinski definition) is 6. The van der Waals surface area contributed by atoms with Gasteiger partial charge >= 0.3 is 0 Å². The Kier molecular flexibility index (Phi) is 6.40. The van der Waals surface area contributed by atoms with E-state index in [1.807, 2.05) is 23.7 Å². The third-order valence-corrected chi connectivity index (χ3v) is 7.39. The Labute approximate surface area is 218 Å². The summed E-state index contributed by atoms with van der Waals surface area (Å²) in [5, 5.41) is 13.9. The van der Waals surface area contributed by atoms with E-state index >= 15 is 0 Å². The molecule has 0 amide bonds. The van der Waals surface area contributed by atoms with Gasteiger partial charge in [-0.1, -0.05) is 18.2 Å². The molecule has 0 spiro atoms. The molecule has 3 heterocycles. The summed E-state index contributed by atoms with van der Waals surface area (Å²) in [5.41, 5.74) is 7.22. The lowest BCUT2D eigenvalue weighted by atomic mass is 9.98. The van der Waals surface area contributed by atoms with Gasteiger partial charge in [-0.2, -0.15) is 0 Å². The van der Waals surface area contributed by atoms with Crippen LogP contribution in [0.4, 0.5) is 5.69 Å². The van der Waals surface area contributed by atoms with E-state index < -0.39 is 0 Å². The summed E-state index contributed by atoms with van der Waals surface area (Å²) in [4.78, 5) is 21.6. The van der Waals surface area contributed by atoms with Crippen LogP contribution in [0.2, 0.25) is 0 Å². The van der Waals surface area contributed by atoms with Gasteiger partial charge in [0.2, 0.25) is 0 Å². The number of aryl methyl sites for hydroxylation is 4. The number of H-pyrrole nitrogens is 1. The highest BCUT2D eigenvalue weighted by Crippen LogP contribution is 2.32. The van der Waals surface area contributed by atoms with Crippen molar-refractivity contribution in [3.63, 3.8) is 0 Å². The van der Waals surface area contributed by atoms with Crippen LogP contribution in [-0.2, 0) is 5.54 Å². The molecular formula is C29H37N7O. The molecule has 1 aliphatic rings. The second-order valence-corrected chi connectivity index (χ2v) is 11.4. The van der Waals surface area contributed by atoms with Crippen LogP contribution in [0.3, 0.4) is 0 Å². The molecule has 2 aromatic heterocycles. The van der Waals surface area contributed by atoms with E-state index in [2.05, 4.69) is 96.1 Å². The average Bonchev–Trinajstić information content (AvgIpc) is 3.32. The van der Waals surface area contributed by atoms with Crippen molar-refractivity contribution in [2.45, 2.75) is 60.0 Å². The number of fused-ring (bicyclic) bond motifs is 1. The van der Waals surface area contributed by atoms with Crippen molar-refractivity contribution < 1.29 is 0 Å². The van der Waals surface area contributed by atoms with Crippen molar-refractivity contribution in [1.29, 1.82) is 0 Å². The minimum atomic E-state index is -0.358. The monoisotopic (exact) mass is 499 g/mol. The molecule has 1 aliphatic heterocycles. The fourth-order valence-corrected chi connectivity index (χ4v) is 5.51. The van der Waals surface area contributed by atoms with E-state index in [4.69, 9.17) is 0 Å². The lowest BCUT2D eigenvalue weighted by molar-refractivity contribution is 0.190. The van der Waals surface area contributed by atoms with Gasteiger partial charge in [0, 0.05) is 48.3 Å². The van der Waals surface area contributed by atoms with Crippen molar-refractivity contribution in [1.82, 2.24) is 30.1 Å². The Balaban J connectivity index is 1.58. The van der Waals surface area contributed by atoms with Crippen LogP contribution >= 0.6 is 0 Å². The summed E-state index contributed by atoms with van der Waals surface area (Å²) in [6.07, 6.45) is 0. The second kappa shape index (κ2) is 9.41. The highest BCUT2D eigenvalue weighted by atomic mass is 16.1. The number of nitrogens with zero attached hydrogens (tertiary/aromatic N) is 6. The molecular weight excluding hydrogens is 462 g/mol. The minimum absolute atomic E-state index is 0.0945. The van der Waals surface area contributed by atoms with Gasteiger partial charge in [0.15, 0.2) is 5.82 Å². The number of hydrogen-bond donors (Lipinski definition) is 1. The first-order valence-corrected chi connectivity index (χ1v) is 13.0. The van der Waals surface area contributed by atoms with Gasteiger partial charge in [-0.25, -0.2) is 4.68 Å². The third-order valence-electron chi connectivity index (χ3n) is 7.39. The van der Waals surface area contributed by atoms with E-state index in [-0.39, 0.29) is 17.1 Å². The maximum atomic E-state index is 13.6. The molecule has 1 saturated heterocycles. The third kappa shape index (κ3) is 4.78. The molecule has 8 heteroatoms. The highest BCUT2D eigenvalue weighted by Gasteiger charge is 2.35. The van der Waals surface area contributed by atoms with Gasteiger partial charge in [-0.3, -0.25) is 9.69 Å². The number of benzene rings is 2. The maximum Gasteiger partial charge on any atom is 0.253 e. The van der Waals surface area contributed by atoms with Crippen molar-refractivity contribution in [3.05, 3.63) is 80.4 Å². The molecule has 1 fully saturated rings.